The monoisotopic (exact) mass is 409 g/mol. The number of carbonyl (C=O) groups excluding carboxylic acids is 1. The number of hydrogen-bond acceptors (Lipinski definition) is 5. The number of nitrogens with one attached hydrogen (secondary N) is 1. The number of piperidine rings is 1. The molecule has 1 aromatic carbocycles. The summed E-state index contributed by atoms with van der Waals surface area (Å²) < 4.78 is 48.6. The zero-order valence-electron chi connectivity index (χ0n) is 15.9. The van der Waals surface area contributed by atoms with E-state index in [1.165, 1.54) is 13.2 Å². The van der Waals surface area contributed by atoms with Crippen LogP contribution < -0.4 is 19.7 Å². The van der Waals surface area contributed by atoms with E-state index >= 15 is 0 Å². The van der Waals surface area contributed by atoms with Gasteiger partial charge in [0.25, 0.3) is 5.91 Å². The molecule has 2 heterocycles. The number of aromatic nitrogens is 1. The number of benzene rings is 1. The molecule has 0 bridgehead atoms. The van der Waals surface area contributed by atoms with Crippen molar-refractivity contribution >= 4 is 11.7 Å². The van der Waals surface area contributed by atoms with E-state index in [-0.39, 0.29) is 18.6 Å². The van der Waals surface area contributed by atoms with E-state index in [2.05, 4.69) is 10.3 Å². The summed E-state index contributed by atoms with van der Waals surface area (Å²) in [7, 11) is 1.53. The van der Waals surface area contributed by atoms with Gasteiger partial charge in [-0.3, -0.25) is 4.79 Å². The summed E-state index contributed by atoms with van der Waals surface area (Å²) in [6, 6.07) is 9.47. The molecule has 1 amide bonds. The summed E-state index contributed by atoms with van der Waals surface area (Å²) in [5.74, 6) is 1.32. The predicted molar refractivity (Wildman–Crippen MR) is 101 cm³/mol. The highest BCUT2D eigenvalue weighted by molar-refractivity contribution is 5.78. The molecule has 0 aliphatic carbocycles. The van der Waals surface area contributed by atoms with Gasteiger partial charge in [0.15, 0.2) is 18.1 Å². The van der Waals surface area contributed by atoms with Crippen molar-refractivity contribution in [1.82, 2.24) is 10.3 Å². The summed E-state index contributed by atoms with van der Waals surface area (Å²) in [6.45, 7) is 1.06. The van der Waals surface area contributed by atoms with Crippen LogP contribution in [0.4, 0.5) is 19.0 Å². The van der Waals surface area contributed by atoms with E-state index < -0.39 is 11.7 Å². The predicted octanol–water partition coefficient (Wildman–Crippen LogP) is 3.27. The maximum atomic E-state index is 12.6. The highest BCUT2D eigenvalue weighted by atomic mass is 19.4. The van der Waals surface area contributed by atoms with E-state index in [4.69, 9.17) is 9.47 Å². The van der Waals surface area contributed by atoms with E-state index in [1.54, 1.807) is 18.2 Å². The third-order valence-electron chi connectivity index (χ3n) is 4.69. The second-order valence-electron chi connectivity index (χ2n) is 6.67. The number of alkyl halides is 3. The van der Waals surface area contributed by atoms with Crippen molar-refractivity contribution in [2.24, 2.45) is 0 Å². The average Bonchev–Trinajstić information content (AvgIpc) is 2.72. The Bertz CT molecular complexity index is 820. The fourth-order valence-electron chi connectivity index (χ4n) is 3.14. The standard InChI is InChI=1S/C20H22F3N3O3/c1-28-16-4-2-3-5-17(16)29-13-19(27)25-15-8-10-26(11-9-15)18-7-6-14(12-24-18)20(21,22)23/h2-7,12,15H,8-11,13H2,1H3,(H,25,27). The molecule has 0 unspecified atom stereocenters. The molecule has 1 aliphatic rings. The minimum absolute atomic E-state index is 0.0190. The largest absolute Gasteiger partial charge is 0.493 e. The van der Waals surface area contributed by atoms with Crippen molar-refractivity contribution in [2.45, 2.75) is 25.1 Å². The molecule has 9 heteroatoms. The van der Waals surface area contributed by atoms with Gasteiger partial charge in [0, 0.05) is 25.3 Å². The van der Waals surface area contributed by atoms with Crippen LogP contribution in [0.3, 0.4) is 0 Å². The van der Waals surface area contributed by atoms with Crippen molar-refractivity contribution in [3.8, 4) is 11.5 Å². The van der Waals surface area contributed by atoms with E-state index in [1.807, 2.05) is 11.0 Å². The fraction of sp³-hybridized carbons (Fsp3) is 0.400. The van der Waals surface area contributed by atoms with Crippen molar-refractivity contribution in [1.29, 1.82) is 0 Å². The number of para-hydroxylation sites is 2. The molecule has 1 saturated heterocycles. The van der Waals surface area contributed by atoms with Crippen molar-refractivity contribution < 1.29 is 27.4 Å². The zero-order valence-corrected chi connectivity index (χ0v) is 15.9. The van der Waals surface area contributed by atoms with E-state index in [9.17, 15) is 18.0 Å². The fourth-order valence-corrected chi connectivity index (χ4v) is 3.14. The first-order valence-corrected chi connectivity index (χ1v) is 9.20. The number of nitrogens with zero attached hydrogens (tertiary/aromatic N) is 2. The molecule has 0 atom stereocenters. The number of carbonyl (C=O) groups is 1. The Morgan fingerprint density at radius 2 is 1.86 bits per heavy atom. The molecule has 3 rings (SSSR count). The Labute approximate surface area is 166 Å². The summed E-state index contributed by atoms with van der Waals surface area (Å²) in [5.41, 5.74) is -0.765. The molecule has 0 spiro atoms. The number of amides is 1. The van der Waals surface area contributed by atoms with Crippen molar-refractivity contribution in [3.63, 3.8) is 0 Å². The summed E-state index contributed by atoms with van der Waals surface area (Å²) >= 11 is 0. The maximum absolute atomic E-state index is 12.6. The quantitative estimate of drug-likeness (QED) is 0.794. The molecule has 2 aromatic rings. The lowest BCUT2D eigenvalue weighted by Gasteiger charge is -2.33. The minimum atomic E-state index is -4.39. The van der Waals surface area contributed by atoms with Gasteiger partial charge in [-0.05, 0) is 37.1 Å². The number of anilines is 1. The maximum Gasteiger partial charge on any atom is 0.417 e. The lowest BCUT2D eigenvalue weighted by Crippen LogP contribution is -2.46. The van der Waals surface area contributed by atoms with E-state index in [0.717, 1.165) is 12.3 Å². The van der Waals surface area contributed by atoms with Crippen LogP contribution in [-0.4, -0.2) is 43.7 Å². The molecule has 1 aliphatic heterocycles. The Balaban J connectivity index is 1.45. The molecule has 29 heavy (non-hydrogen) atoms. The van der Waals surface area contributed by atoms with Gasteiger partial charge in [0.05, 0.1) is 12.7 Å². The number of ether oxygens (including phenoxy) is 2. The van der Waals surface area contributed by atoms with E-state index in [0.29, 0.717) is 43.2 Å². The van der Waals surface area contributed by atoms with Crippen LogP contribution in [-0.2, 0) is 11.0 Å². The van der Waals surface area contributed by atoms with Crippen LogP contribution in [0.5, 0.6) is 11.5 Å². The normalized spacial score (nSPS) is 15.1. The number of hydrogen-bond donors (Lipinski definition) is 1. The van der Waals surface area contributed by atoms with Gasteiger partial charge in [-0.2, -0.15) is 13.2 Å². The number of pyridine rings is 1. The topological polar surface area (TPSA) is 63.7 Å². The first-order chi connectivity index (χ1) is 13.9. The van der Waals surface area contributed by atoms with Gasteiger partial charge in [-0.25, -0.2) is 4.98 Å². The lowest BCUT2D eigenvalue weighted by molar-refractivity contribution is -0.137. The van der Waals surface area contributed by atoms with Crippen LogP contribution >= 0.6 is 0 Å². The second-order valence-corrected chi connectivity index (χ2v) is 6.67. The molecule has 1 aromatic heterocycles. The average molecular weight is 409 g/mol. The molecule has 0 radical (unpaired) electrons. The molecule has 1 fully saturated rings. The molecule has 156 valence electrons. The number of rotatable bonds is 6. The smallest absolute Gasteiger partial charge is 0.417 e. The Kier molecular flexibility index (Phi) is 6.46. The molecular weight excluding hydrogens is 387 g/mol. The van der Waals surface area contributed by atoms with Gasteiger partial charge in [0.2, 0.25) is 0 Å². The second kappa shape index (κ2) is 9.02. The molecule has 1 N–H and O–H groups in total. The Morgan fingerprint density at radius 3 is 2.45 bits per heavy atom. The Hall–Kier alpha value is -2.97. The number of halogens is 3. The van der Waals surface area contributed by atoms with Crippen LogP contribution in [0.1, 0.15) is 18.4 Å². The SMILES string of the molecule is COc1ccccc1OCC(=O)NC1CCN(c2ccc(C(F)(F)F)cn2)CC1. The van der Waals surface area contributed by atoms with Crippen LogP contribution in [0.15, 0.2) is 42.6 Å². The molecular formula is C20H22F3N3O3. The van der Waals surface area contributed by atoms with Gasteiger partial charge < -0.3 is 19.7 Å². The number of methoxy groups -OCH3 is 1. The van der Waals surface area contributed by atoms with Crippen molar-refractivity contribution in [2.75, 3.05) is 31.7 Å². The molecule has 6 nitrogen and oxygen atoms in total. The van der Waals surface area contributed by atoms with Crippen LogP contribution in [0, 0.1) is 0 Å². The highest BCUT2D eigenvalue weighted by Crippen LogP contribution is 2.30. The third-order valence-corrected chi connectivity index (χ3v) is 4.69. The summed E-state index contributed by atoms with van der Waals surface area (Å²) in [6.07, 6.45) is -2.21. The minimum Gasteiger partial charge on any atom is -0.493 e. The lowest BCUT2D eigenvalue weighted by atomic mass is 10.0. The van der Waals surface area contributed by atoms with Gasteiger partial charge in [-0.1, -0.05) is 12.1 Å². The van der Waals surface area contributed by atoms with Crippen LogP contribution in [0.25, 0.3) is 0 Å². The van der Waals surface area contributed by atoms with Crippen LogP contribution in [0.2, 0.25) is 0 Å². The third kappa shape index (κ3) is 5.52. The van der Waals surface area contributed by atoms with Crippen molar-refractivity contribution in [3.05, 3.63) is 48.2 Å². The highest BCUT2D eigenvalue weighted by Gasteiger charge is 2.31. The van der Waals surface area contributed by atoms with Gasteiger partial charge in [0.1, 0.15) is 5.82 Å². The first kappa shape index (κ1) is 20.8. The summed E-state index contributed by atoms with van der Waals surface area (Å²) in [4.78, 5) is 18.0. The molecule has 0 saturated carbocycles. The van der Waals surface area contributed by atoms with Gasteiger partial charge >= 0.3 is 6.18 Å². The first-order valence-electron chi connectivity index (χ1n) is 9.20. The summed E-state index contributed by atoms with van der Waals surface area (Å²) in [5, 5.41) is 2.93. The van der Waals surface area contributed by atoms with Gasteiger partial charge in [-0.15, -0.1) is 0 Å². The Morgan fingerprint density at radius 1 is 1.17 bits per heavy atom. The zero-order chi connectivity index (χ0) is 20.9.